The highest BCUT2D eigenvalue weighted by Gasteiger charge is 2.66. The van der Waals surface area contributed by atoms with Gasteiger partial charge in [-0.2, -0.15) is 0 Å². The molecule has 0 aliphatic heterocycles. The van der Waals surface area contributed by atoms with E-state index in [9.17, 15) is 49.2 Å². The van der Waals surface area contributed by atoms with E-state index >= 15 is 0 Å². The quantitative estimate of drug-likeness (QED) is 0.160. The molecule has 0 bridgehead atoms. The molecular weight excluding hydrogens is 490 g/mol. The highest BCUT2D eigenvalue weighted by atomic mass is 16.4. The molecule has 13 nitrogen and oxygen atoms in total. The lowest BCUT2D eigenvalue weighted by molar-refractivity contribution is -0.178. The summed E-state index contributed by atoms with van der Waals surface area (Å²) in [6, 6.07) is -1.32. The van der Waals surface area contributed by atoms with Crippen LogP contribution >= 0.6 is 0 Å². The van der Waals surface area contributed by atoms with Crippen molar-refractivity contribution >= 4 is 35.1 Å². The molecule has 0 aromatic carbocycles. The first kappa shape index (κ1) is 30.5. The molecule has 0 radical (unpaired) electrons. The molecule has 0 spiro atoms. The van der Waals surface area contributed by atoms with Gasteiger partial charge in [-0.3, -0.25) is 24.0 Å². The number of hydrogen-bond donors (Lipinski definition) is 5. The zero-order valence-electron chi connectivity index (χ0n) is 24.6. The van der Waals surface area contributed by atoms with E-state index in [1.165, 1.54) is 13.8 Å². The minimum absolute atomic E-state index is 0.00662. The molecule has 13 heteroatoms. The Balaban J connectivity index is 8.14. The zero-order chi connectivity index (χ0) is 31.3. The second-order valence-electron chi connectivity index (χ2n) is 9.49. The average molecular weight is 534 g/mol. The highest BCUT2D eigenvalue weighted by molar-refractivity contribution is 6.30. The number of aliphatic hydroxyl groups excluding tert-OH is 2. The molecule has 7 atom stereocenters. The molecule has 0 aliphatic rings. The van der Waals surface area contributed by atoms with Crippen molar-refractivity contribution < 1.29 is 51.9 Å². The van der Waals surface area contributed by atoms with Crippen molar-refractivity contribution in [3.63, 3.8) is 0 Å². The Labute approximate surface area is 219 Å². The zero-order valence-corrected chi connectivity index (χ0v) is 22.6. The maximum atomic E-state index is 14.8. The molecule has 0 aromatic heterocycles. The van der Waals surface area contributed by atoms with Crippen LogP contribution in [0.15, 0.2) is 0 Å². The number of hydrogen-bond acceptors (Lipinski definition) is 10. The van der Waals surface area contributed by atoms with E-state index in [0.717, 1.165) is 27.8 Å². The van der Waals surface area contributed by atoms with E-state index in [2.05, 4.69) is 5.32 Å². The minimum atomic E-state index is -3.33. The molecule has 37 heavy (non-hydrogen) atoms. The lowest BCUT2D eigenvalue weighted by Crippen LogP contribution is -2.77. The fourth-order valence-corrected chi connectivity index (χ4v) is 4.14. The SMILES string of the molecule is [2H]CN[C@@H](C)C(=O)[C@@](C(=O)[C@](C)(C(=O)[C@@](C)(O)C(=O)O)N(C[2H])C(=O)[C@H](C)O)([C@@H](C)CC)N(C)C(=O)[C@H](C)O. The standard InChI is InChI=1S/C24H41N3O10/c1-11-12(2)24(16(30)13(3)25-8,27(10)18(32)15(5)29)20(34)22(6,26(9)17(31)14(4)28)19(33)23(7,37)21(35)36/h12-15,25,28-29,37H,11H2,1-10H3,(H,35,36)/t12-,13-,14-,15-,22-,23+,24+/m0/s1/i8D,9D. The molecule has 5 N–H and O–H groups in total. The first-order chi connectivity index (χ1) is 17.7. The van der Waals surface area contributed by atoms with Gasteiger partial charge in [-0.25, -0.2) is 4.79 Å². The van der Waals surface area contributed by atoms with E-state index in [-0.39, 0.29) is 11.3 Å². The molecule has 0 aliphatic carbocycles. The Bertz CT molecular complexity index is 974. The summed E-state index contributed by atoms with van der Waals surface area (Å²) in [6.45, 7) is 7.49. The van der Waals surface area contributed by atoms with Crippen LogP contribution in [0.5, 0.6) is 0 Å². The van der Waals surface area contributed by atoms with E-state index in [4.69, 9.17) is 2.74 Å². The number of carboxylic acid groups (broad SMARTS) is 1. The minimum Gasteiger partial charge on any atom is -0.479 e. The number of amides is 2. The van der Waals surface area contributed by atoms with Crippen LogP contribution in [0.4, 0.5) is 0 Å². The van der Waals surface area contributed by atoms with Crippen molar-refractivity contribution in [2.24, 2.45) is 5.92 Å². The molecule has 2 amide bonds. The van der Waals surface area contributed by atoms with Crippen LogP contribution in [-0.2, 0) is 28.8 Å². The number of carbonyl (C=O) groups is 6. The van der Waals surface area contributed by atoms with Gasteiger partial charge < -0.3 is 35.5 Å². The van der Waals surface area contributed by atoms with Crippen LogP contribution in [0.2, 0.25) is 0 Å². The second-order valence-corrected chi connectivity index (χ2v) is 9.49. The number of carbonyl (C=O) groups excluding carboxylic acids is 5. The predicted octanol–water partition coefficient (Wildman–Crippen LogP) is -1.64. The van der Waals surface area contributed by atoms with Crippen LogP contribution in [0, 0.1) is 5.92 Å². The molecule has 0 rings (SSSR count). The van der Waals surface area contributed by atoms with Gasteiger partial charge in [0.15, 0.2) is 22.6 Å². The number of aliphatic carboxylic acids is 1. The van der Waals surface area contributed by atoms with Crippen molar-refractivity contribution in [1.29, 1.82) is 0 Å². The lowest BCUT2D eigenvalue weighted by Gasteiger charge is -2.50. The lowest BCUT2D eigenvalue weighted by atomic mass is 9.65. The Kier molecular flexibility index (Phi) is 10.1. The number of carboxylic acids is 1. The Morgan fingerprint density at radius 3 is 1.73 bits per heavy atom. The third kappa shape index (κ3) is 5.74. The average Bonchev–Trinajstić information content (AvgIpc) is 2.87. The van der Waals surface area contributed by atoms with Crippen LogP contribution < -0.4 is 5.32 Å². The van der Waals surface area contributed by atoms with Gasteiger partial charge in [-0.05, 0) is 47.6 Å². The summed E-state index contributed by atoms with van der Waals surface area (Å²) in [5, 5.41) is 42.8. The van der Waals surface area contributed by atoms with Gasteiger partial charge in [0, 0.05) is 16.8 Å². The van der Waals surface area contributed by atoms with Crippen LogP contribution in [-0.4, -0.2) is 121 Å². The van der Waals surface area contributed by atoms with Crippen LogP contribution in [0.25, 0.3) is 0 Å². The largest absolute Gasteiger partial charge is 0.479 e. The summed E-state index contributed by atoms with van der Waals surface area (Å²) in [5.41, 5.74) is -9.14. The molecular formula is C24H41N3O10. The van der Waals surface area contributed by atoms with Gasteiger partial charge in [0.05, 0.1) is 6.04 Å². The van der Waals surface area contributed by atoms with Crippen molar-refractivity contribution in [1.82, 2.24) is 15.1 Å². The molecule has 0 heterocycles. The number of likely N-dealkylation sites (N-methyl/N-ethyl adjacent to an activating group) is 3. The molecule has 0 fully saturated rings. The van der Waals surface area contributed by atoms with Crippen molar-refractivity contribution in [2.45, 2.75) is 89.8 Å². The van der Waals surface area contributed by atoms with Crippen molar-refractivity contribution in [3.05, 3.63) is 0 Å². The van der Waals surface area contributed by atoms with Gasteiger partial charge >= 0.3 is 5.97 Å². The third-order valence-corrected chi connectivity index (χ3v) is 6.87. The summed E-state index contributed by atoms with van der Waals surface area (Å²) >= 11 is 0. The number of ketones is 3. The normalized spacial score (nSPS) is 20.3. The summed E-state index contributed by atoms with van der Waals surface area (Å²) < 4.78 is 15.4. The first-order valence-corrected chi connectivity index (χ1v) is 11.6. The van der Waals surface area contributed by atoms with Gasteiger partial charge in [0.2, 0.25) is 11.4 Å². The molecule has 212 valence electrons. The number of nitrogens with one attached hydrogen (secondary N) is 1. The Morgan fingerprint density at radius 1 is 0.919 bits per heavy atom. The number of Topliss-reactive ketones (excluding diaryl/α,β-unsaturated/α-hetero) is 3. The van der Waals surface area contributed by atoms with E-state index < -0.39 is 90.0 Å². The molecule has 0 unspecified atom stereocenters. The van der Waals surface area contributed by atoms with E-state index in [1.54, 1.807) is 6.92 Å². The Morgan fingerprint density at radius 2 is 1.38 bits per heavy atom. The number of rotatable bonds is 14. The topological polar surface area (TPSA) is 202 Å². The smallest absolute Gasteiger partial charge is 0.343 e. The monoisotopic (exact) mass is 533 g/mol. The van der Waals surface area contributed by atoms with Crippen molar-refractivity contribution in [3.8, 4) is 0 Å². The summed E-state index contributed by atoms with van der Waals surface area (Å²) in [4.78, 5) is 81.5. The maximum absolute atomic E-state index is 14.8. The number of aliphatic hydroxyl groups is 3. The van der Waals surface area contributed by atoms with Crippen LogP contribution in [0.3, 0.4) is 0 Å². The molecule has 0 aromatic rings. The molecule has 0 saturated heterocycles. The van der Waals surface area contributed by atoms with E-state index in [1.807, 2.05) is 0 Å². The summed E-state index contributed by atoms with van der Waals surface area (Å²) in [5.74, 6) is -10.2. The highest BCUT2D eigenvalue weighted by Crippen LogP contribution is 2.38. The fraction of sp³-hybridized carbons (Fsp3) is 0.750. The van der Waals surface area contributed by atoms with E-state index in [0.29, 0.717) is 11.8 Å². The third-order valence-electron chi connectivity index (χ3n) is 6.87. The number of nitrogens with zero attached hydrogens (tertiary/aromatic N) is 2. The van der Waals surface area contributed by atoms with Crippen molar-refractivity contribution in [2.75, 3.05) is 21.1 Å². The predicted molar refractivity (Wildman–Crippen MR) is 131 cm³/mol. The Hall–Kier alpha value is -2.74. The molecule has 0 saturated carbocycles. The first-order valence-electron chi connectivity index (χ1n) is 13.0. The maximum Gasteiger partial charge on any atom is 0.343 e. The summed E-state index contributed by atoms with van der Waals surface area (Å²) in [7, 11) is -0.700. The summed E-state index contributed by atoms with van der Waals surface area (Å²) in [6.07, 6.45) is -3.67. The van der Waals surface area contributed by atoms with Gasteiger partial charge in [-0.1, -0.05) is 20.3 Å². The van der Waals surface area contributed by atoms with Gasteiger partial charge in [0.1, 0.15) is 12.2 Å². The second kappa shape index (κ2) is 12.2. The fourth-order valence-electron chi connectivity index (χ4n) is 4.14. The van der Waals surface area contributed by atoms with Gasteiger partial charge in [0.25, 0.3) is 11.8 Å². The van der Waals surface area contributed by atoms with Crippen LogP contribution in [0.1, 0.15) is 57.6 Å². The van der Waals surface area contributed by atoms with Gasteiger partial charge in [-0.15, -0.1) is 0 Å².